The molecule has 0 saturated carbocycles. The van der Waals surface area contributed by atoms with Gasteiger partial charge in [-0.15, -0.1) is 0 Å². The van der Waals surface area contributed by atoms with E-state index in [9.17, 15) is 14.0 Å². The van der Waals surface area contributed by atoms with Crippen LogP contribution in [0, 0.1) is 18.7 Å². The number of rotatable bonds is 7. The van der Waals surface area contributed by atoms with Crippen LogP contribution in [0.3, 0.4) is 0 Å². The van der Waals surface area contributed by atoms with Crippen LogP contribution in [-0.4, -0.2) is 27.6 Å². The van der Waals surface area contributed by atoms with E-state index < -0.39 is 6.04 Å². The summed E-state index contributed by atoms with van der Waals surface area (Å²) in [5.74, 6) is -1.08. The number of benzene rings is 2. The van der Waals surface area contributed by atoms with Gasteiger partial charge in [0.2, 0.25) is 5.91 Å². The molecule has 0 bridgehead atoms. The highest BCUT2D eigenvalue weighted by Gasteiger charge is 2.27. The summed E-state index contributed by atoms with van der Waals surface area (Å²) < 4.78 is 14.9. The maximum atomic E-state index is 13.2. The van der Waals surface area contributed by atoms with Crippen molar-refractivity contribution in [1.82, 2.24) is 20.4 Å². The van der Waals surface area contributed by atoms with E-state index in [1.165, 1.54) is 12.1 Å². The molecular formula is C24H26ClFN4O2. The molecule has 0 radical (unpaired) electrons. The first-order valence-electron chi connectivity index (χ1n) is 10.3. The monoisotopic (exact) mass is 456 g/mol. The molecule has 0 aliphatic rings. The van der Waals surface area contributed by atoms with E-state index in [0.29, 0.717) is 10.6 Å². The number of carbonyl (C=O) groups is 2. The highest BCUT2D eigenvalue weighted by atomic mass is 35.5. The minimum atomic E-state index is -0.715. The zero-order valence-corrected chi connectivity index (χ0v) is 19.2. The Morgan fingerprint density at radius 3 is 2.22 bits per heavy atom. The number of nitrogens with one attached hydrogen (secondary N) is 2. The summed E-state index contributed by atoms with van der Waals surface area (Å²) in [6.45, 7) is 7.48. The molecule has 3 aromatic rings. The van der Waals surface area contributed by atoms with Gasteiger partial charge < -0.3 is 10.6 Å². The molecule has 0 aliphatic heterocycles. The molecule has 1 heterocycles. The van der Waals surface area contributed by atoms with Crippen molar-refractivity contribution in [3.05, 3.63) is 82.4 Å². The topological polar surface area (TPSA) is 76.0 Å². The lowest BCUT2D eigenvalue weighted by Gasteiger charge is -2.24. The number of aromatic nitrogens is 2. The van der Waals surface area contributed by atoms with Crippen LogP contribution in [0.1, 0.15) is 48.4 Å². The molecule has 2 amide bonds. The van der Waals surface area contributed by atoms with Gasteiger partial charge in [-0.2, -0.15) is 5.10 Å². The summed E-state index contributed by atoms with van der Waals surface area (Å²) in [7, 11) is 0. The SMILES string of the molecule is Cc1c(C(C)NC(=O)C(NC(=O)c2ccc(Cl)cc2)C(C)C)cnn1-c1ccc(F)cc1. The largest absolute Gasteiger partial charge is 0.348 e. The van der Waals surface area contributed by atoms with Gasteiger partial charge in [-0.1, -0.05) is 25.4 Å². The lowest BCUT2D eigenvalue weighted by molar-refractivity contribution is -0.124. The first-order valence-corrected chi connectivity index (χ1v) is 10.7. The standard InChI is InChI=1S/C24H26ClFN4O2/c1-14(2)22(29-23(31)17-5-7-18(25)8-6-17)24(32)28-15(3)21-13-27-30(16(21)4)20-11-9-19(26)10-12-20/h5-15,22H,1-4H3,(H,28,32)(H,29,31). The molecule has 0 aliphatic carbocycles. The molecule has 1 aromatic heterocycles. The Bertz CT molecular complexity index is 1090. The third-order valence-corrected chi connectivity index (χ3v) is 5.54. The van der Waals surface area contributed by atoms with Crippen LogP contribution in [0.25, 0.3) is 5.69 Å². The van der Waals surface area contributed by atoms with Crippen molar-refractivity contribution < 1.29 is 14.0 Å². The van der Waals surface area contributed by atoms with Crippen molar-refractivity contribution in [2.75, 3.05) is 0 Å². The van der Waals surface area contributed by atoms with E-state index in [4.69, 9.17) is 11.6 Å². The van der Waals surface area contributed by atoms with Crippen molar-refractivity contribution in [2.24, 2.45) is 5.92 Å². The number of nitrogens with zero attached hydrogens (tertiary/aromatic N) is 2. The highest BCUT2D eigenvalue weighted by Crippen LogP contribution is 2.21. The van der Waals surface area contributed by atoms with Crippen LogP contribution >= 0.6 is 11.6 Å². The van der Waals surface area contributed by atoms with E-state index in [1.54, 1.807) is 47.3 Å². The fraction of sp³-hybridized carbons (Fsp3) is 0.292. The van der Waals surface area contributed by atoms with E-state index in [0.717, 1.165) is 16.9 Å². The Hall–Kier alpha value is -3.19. The number of hydrogen-bond acceptors (Lipinski definition) is 3. The first-order chi connectivity index (χ1) is 15.2. The second-order valence-electron chi connectivity index (χ2n) is 8.01. The molecule has 168 valence electrons. The predicted octanol–water partition coefficient (Wildman–Crippen LogP) is 4.61. The summed E-state index contributed by atoms with van der Waals surface area (Å²) in [4.78, 5) is 25.6. The second kappa shape index (κ2) is 9.96. The molecule has 8 heteroatoms. The molecule has 2 atom stereocenters. The number of halogens is 2. The Morgan fingerprint density at radius 1 is 1.00 bits per heavy atom. The average Bonchev–Trinajstić information content (AvgIpc) is 3.14. The van der Waals surface area contributed by atoms with Crippen molar-refractivity contribution in [3.8, 4) is 5.69 Å². The first kappa shape index (κ1) is 23.5. The number of carbonyl (C=O) groups excluding carboxylic acids is 2. The van der Waals surface area contributed by atoms with Gasteiger partial charge in [0, 0.05) is 21.8 Å². The second-order valence-corrected chi connectivity index (χ2v) is 8.44. The molecular weight excluding hydrogens is 431 g/mol. The minimum absolute atomic E-state index is 0.124. The van der Waals surface area contributed by atoms with Gasteiger partial charge in [-0.05, 0) is 68.3 Å². The Morgan fingerprint density at radius 2 is 1.62 bits per heavy atom. The van der Waals surface area contributed by atoms with Gasteiger partial charge in [0.05, 0.1) is 17.9 Å². The van der Waals surface area contributed by atoms with Gasteiger partial charge in [-0.25, -0.2) is 9.07 Å². The van der Waals surface area contributed by atoms with Crippen LogP contribution in [0.5, 0.6) is 0 Å². The fourth-order valence-corrected chi connectivity index (χ4v) is 3.56. The zero-order chi connectivity index (χ0) is 23.4. The molecule has 0 fully saturated rings. The van der Waals surface area contributed by atoms with Crippen molar-refractivity contribution in [2.45, 2.75) is 39.8 Å². The molecule has 6 nitrogen and oxygen atoms in total. The zero-order valence-electron chi connectivity index (χ0n) is 18.4. The molecule has 0 saturated heterocycles. The third-order valence-electron chi connectivity index (χ3n) is 5.29. The van der Waals surface area contributed by atoms with Crippen LogP contribution < -0.4 is 10.6 Å². The summed E-state index contributed by atoms with van der Waals surface area (Å²) >= 11 is 5.88. The normalized spacial score (nSPS) is 13.0. The minimum Gasteiger partial charge on any atom is -0.348 e. The Labute approximate surface area is 191 Å². The fourth-order valence-electron chi connectivity index (χ4n) is 3.43. The predicted molar refractivity (Wildman–Crippen MR) is 122 cm³/mol. The summed E-state index contributed by atoms with van der Waals surface area (Å²) in [6, 6.07) is 11.5. The lowest BCUT2D eigenvalue weighted by atomic mass is 10.0. The van der Waals surface area contributed by atoms with E-state index in [-0.39, 0.29) is 29.6 Å². The molecule has 2 N–H and O–H groups in total. The highest BCUT2D eigenvalue weighted by molar-refractivity contribution is 6.30. The van der Waals surface area contributed by atoms with E-state index in [1.807, 2.05) is 27.7 Å². The van der Waals surface area contributed by atoms with E-state index >= 15 is 0 Å². The molecule has 3 rings (SSSR count). The van der Waals surface area contributed by atoms with Crippen molar-refractivity contribution >= 4 is 23.4 Å². The Kier molecular flexibility index (Phi) is 7.30. The van der Waals surface area contributed by atoms with Gasteiger partial charge in [0.15, 0.2) is 0 Å². The lowest BCUT2D eigenvalue weighted by Crippen LogP contribution is -2.50. The average molecular weight is 457 g/mol. The summed E-state index contributed by atoms with van der Waals surface area (Å²) in [5, 5.41) is 10.7. The smallest absolute Gasteiger partial charge is 0.251 e. The van der Waals surface area contributed by atoms with Gasteiger partial charge in [-0.3, -0.25) is 9.59 Å². The Balaban J connectivity index is 1.72. The van der Waals surface area contributed by atoms with Gasteiger partial charge in [0.1, 0.15) is 11.9 Å². The molecule has 2 unspecified atom stereocenters. The van der Waals surface area contributed by atoms with Crippen LogP contribution in [0.15, 0.2) is 54.7 Å². The molecule has 2 aromatic carbocycles. The third kappa shape index (κ3) is 5.34. The maximum absolute atomic E-state index is 13.2. The van der Waals surface area contributed by atoms with Crippen LogP contribution in [0.2, 0.25) is 5.02 Å². The van der Waals surface area contributed by atoms with E-state index in [2.05, 4.69) is 15.7 Å². The number of hydrogen-bond donors (Lipinski definition) is 2. The maximum Gasteiger partial charge on any atom is 0.251 e. The van der Waals surface area contributed by atoms with Crippen LogP contribution in [-0.2, 0) is 4.79 Å². The molecule has 0 spiro atoms. The quantitative estimate of drug-likeness (QED) is 0.545. The van der Waals surface area contributed by atoms with Gasteiger partial charge >= 0.3 is 0 Å². The van der Waals surface area contributed by atoms with Crippen LogP contribution in [0.4, 0.5) is 4.39 Å². The van der Waals surface area contributed by atoms with Crippen molar-refractivity contribution in [1.29, 1.82) is 0 Å². The summed E-state index contributed by atoms with van der Waals surface area (Å²) in [5.41, 5.74) is 2.81. The van der Waals surface area contributed by atoms with Gasteiger partial charge in [0.25, 0.3) is 5.91 Å². The molecule has 32 heavy (non-hydrogen) atoms. The van der Waals surface area contributed by atoms with Crippen molar-refractivity contribution in [3.63, 3.8) is 0 Å². The number of amides is 2. The summed E-state index contributed by atoms with van der Waals surface area (Å²) in [6.07, 6.45) is 1.68.